The SMILES string of the molecule is C=CC(=O)O.C=CCl.c1ccncc1. The minimum Gasteiger partial charge on any atom is -0.478 e. The van der Waals surface area contributed by atoms with Gasteiger partial charge in [-0.3, -0.25) is 4.98 Å². The maximum absolute atomic E-state index is 9.25. The molecule has 0 spiro atoms. The third-order valence-electron chi connectivity index (χ3n) is 0.741. The average Bonchev–Trinajstić information content (AvgIpc) is 2.22. The van der Waals surface area contributed by atoms with Crippen LogP contribution in [0.15, 0.2) is 55.4 Å². The molecular formula is C10H12ClNO2. The standard InChI is InChI=1S/C5H5N.C3H4O2.C2H3Cl/c1-2-4-6-5-3-1;1-2-3(4)5;1-2-3/h1-5H;2H,1H2,(H,4,5);2H,1H2. The predicted molar refractivity (Wildman–Crippen MR) is 58.1 cm³/mol. The van der Waals surface area contributed by atoms with Gasteiger partial charge in [-0.25, -0.2) is 4.79 Å². The molecule has 0 amide bonds. The molecule has 4 heteroatoms. The van der Waals surface area contributed by atoms with Crippen LogP contribution in [0, 0.1) is 0 Å². The van der Waals surface area contributed by atoms with Gasteiger partial charge >= 0.3 is 5.97 Å². The van der Waals surface area contributed by atoms with Crippen LogP contribution in [-0.2, 0) is 4.79 Å². The Bertz CT molecular complexity index is 223. The molecule has 0 unspecified atom stereocenters. The zero-order valence-corrected chi connectivity index (χ0v) is 8.39. The van der Waals surface area contributed by atoms with E-state index >= 15 is 0 Å². The lowest BCUT2D eigenvalue weighted by Gasteiger charge is -1.70. The molecule has 3 nitrogen and oxygen atoms in total. The molecule has 1 heterocycles. The Balaban J connectivity index is 0. The van der Waals surface area contributed by atoms with Crippen molar-refractivity contribution in [2.24, 2.45) is 0 Å². The number of pyridine rings is 1. The number of hydrogen-bond donors (Lipinski definition) is 1. The molecule has 1 aromatic heterocycles. The topological polar surface area (TPSA) is 50.2 Å². The Kier molecular flexibility index (Phi) is 14.8. The minimum absolute atomic E-state index is 0.833. The van der Waals surface area contributed by atoms with Crippen molar-refractivity contribution >= 4 is 17.6 Å². The highest BCUT2D eigenvalue weighted by atomic mass is 35.5. The maximum Gasteiger partial charge on any atom is 0.327 e. The summed E-state index contributed by atoms with van der Waals surface area (Å²) in [4.78, 5) is 13.0. The van der Waals surface area contributed by atoms with E-state index in [1.807, 2.05) is 18.2 Å². The zero-order valence-electron chi connectivity index (χ0n) is 7.64. The summed E-state index contributed by atoms with van der Waals surface area (Å²) in [5, 5.41) is 7.60. The summed E-state index contributed by atoms with van der Waals surface area (Å²) in [6, 6.07) is 5.72. The van der Waals surface area contributed by atoms with E-state index in [1.54, 1.807) is 12.4 Å². The summed E-state index contributed by atoms with van der Waals surface area (Å²) in [6.07, 6.45) is 4.33. The van der Waals surface area contributed by atoms with E-state index in [1.165, 1.54) is 5.54 Å². The van der Waals surface area contributed by atoms with E-state index in [2.05, 4.69) is 18.1 Å². The Morgan fingerprint density at radius 1 is 1.29 bits per heavy atom. The molecular weight excluding hydrogens is 202 g/mol. The summed E-state index contributed by atoms with van der Waals surface area (Å²) >= 11 is 4.76. The van der Waals surface area contributed by atoms with Crippen molar-refractivity contribution in [3.05, 3.63) is 55.4 Å². The first kappa shape index (κ1) is 14.9. The summed E-state index contributed by atoms with van der Waals surface area (Å²) in [5.41, 5.74) is 1.22. The van der Waals surface area contributed by atoms with Crippen molar-refractivity contribution in [3.63, 3.8) is 0 Å². The number of aromatic nitrogens is 1. The van der Waals surface area contributed by atoms with E-state index in [0.29, 0.717) is 0 Å². The van der Waals surface area contributed by atoms with E-state index < -0.39 is 5.97 Å². The fourth-order valence-electron chi connectivity index (χ4n) is 0.313. The summed E-state index contributed by atoms with van der Waals surface area (Å²) in [6.45, 7) is 6.09. The lowest BCUT2D eigenvalue weighted by Crippen LogP contribution is -1.82. The maximum atomic E-state index is 9.25. The first-order chi connectivity index (χ1) is 6.68. The molecule has 14 heavy (non-hydrogen) atoms. The number of carboxylic acids is 1. The van der Waals surface area contributed by atoms with Gasteiger partial charge in [-0.15, -0.1) is 0 Å². The number of rotatable bonds is 1. The van der Waals surface area contributed by atoms with Crippen LogP contribution in [0.3, 0.4) is 0 Å². The number of halogens is 1. The predicted octanol–water partition coefficient (Wildman–Crippen LogP) is 2.71. The van der Waals surface area contributed by atoms with Crippen LogP contribution in [0.4, 0.5) is 0 Å². The average molecular weight is 214 g/mol. The van der Waals surface area contributed by atoms with Crippen molar-refractivity contribution in [1.29, 1.82) is 0 Å². The first-order valence-electron chi connectivity index (χ1n) is 3.60. The van der Waals surface area contributed by atoms with E-state index in [0.717, 1.165) is 6.08 Å². The molecule has 0 aliphatic carbocycles. The molecule has 0 aliphatic heterocycles. The highest BCUT2D eigenvalue weighted by Gasteiger charge is 1.73. The number of carboxylic acid groups (broad SMARTS) is 1. The van der Waals surface area contributed by atoms with E-state index in [9.17, 15) is 4.79 Å². The Hall–Kier alpha value is -1.61. The van der Waals surface area contributed by atoms with Crippen molar-refractivity contribution < 1.29 is 9.90 Å². The van der Waals surface area contributed by atoms with Gasteiger partial charge in [0.05, 0.1) is 0 Å². The highest BCUT2D eigenvalue weighted by molar-refractivity contribution is 6.25. The lowest BCUT2D eigenvalue weighted by atomic mass is 10.5. The summed E-state index contributed by atoms with van der Waals surface area (Å²) in [7, 11) is 0. The monoisotopic (exact) mass is 213 g/mol. The largest absolute Gasteiger partial charge is 0.478 e. The van der Waals surface area contributed by atoms with Gasteiger partial charge in [0, 0.05) is 18.5 Å². The molecule has 0 saturated carbocycles. The van der Waals surface area contributed by atoms with Crippen LogP contribution >= 0.6 is 11.6 Å². The van der Waals surface area contributed by atoms with Gasteiger partial charge in [-0.05, 0) is 17.7 Å². The Labute approximate surface area is 88.4 Å². The third-order valence-corrected chi connectivity index (χ3v) is 0.741. The van der Waals surface area contributed by atoms with Crippen molar-refractivity contribution in [2.75, 3.05) is 0 Å². The second-order valence-electron chi connectivity index (χ2n) is 1.72. The van der Waals surface area contributed by atoms with Gasteiger partial charge in [-0.1, -0.05) is 30.8 Å². The lowest BCUT2D eigenvalue weighted by molar-refractivity contribution is -0.131. The molecule has 0 radical (unpaired) electrons. The molecule has 0 fully saturated rings. The zero-order chi connectivity index (χ0) is 11.2. The summed E-state index contributed by atoms with van der Waals surface area (Å²) < 4.78 is 0. The van der Waals surface area contributed by atoms with Crippen LogP contribution in [-0.4, -0.2) is 16.1 Å². The second-order valence-corrected chi connectivity index (χ2v) is 2.03. The Morgan fingerprint density at radius 3 is 1.71 bits per heavy atom. The first-order valence-corrected chi connectivity index (χ1v) is 4.04. The molecule has 0 aliphatic rings. The van der Waals surface area contributed by atoms with Crippen molar-refractivity contribution in [2.45, 2.75) is 0 Å². The Morgan fingerprint density at radius 2 is 1.64 bits per heavy atom. The van der Waals surface area contributed by atoms with Gasteiger partial charge in [0.2, 0.25) is 0 Å². The molecule has 0 saturated heterocycles. The fraction of sp³-hybridized carbons (Fsp3) is 0. The molecule has 1 aromatic rings. The number of hydrogen-bond acceptors (Lipinski definition) is 2. The minimum atomic E-state index is -0.981. The molecule has 1 N–H and O–H groups in total. The smallest absolute Gasteiger partial charge is 0.327 e. The van der Waals surface area contributed by atoms with E-state index in [-0.39, 0.29) is 0 Å². The molecule has 0 atom stereocenters. The fourth-order valence-corrected chi connectivity index (χ4v) is 0.313. The second kappa shape index (κ2) is 13.9. The number of carbonyl (C=O) groups is 1. The van der Waals surface area contributed by atoms with Gasteiger partial charge in [0.1, 0.15) is 0 Å². The summed E-state index contributed by atoms with van der Waals surface area (Å²) in [5.74, 6) is -0.981. The molecule has 1 rings (SSSR count). The van der Waals surface area contributed by atoms with Crippen LogP contribution in [0.5, 0.6) is 0 Å². The number of nitrogens with zero attached hydrogens (tertiary/aromatic N) is 1. The normalized spacial score (nSPS) is 6.64. The van der Waals surface area contributed by atoms with Gasteiger partial charge in [0.25, 0.3) is 0 Å². The van der Waals surface area contributed by atoms with Crippen molar-refractivity contribution in [1.82, 2.24) is 4.98 Å². The van der Waals surface area contributed by atoms with Crippen LogP contribution < -0.4 is 0 Å². The van der Waals surface area contributed by atoms with Crippen LogP contribution in [0.1, 0.15) is 0 Å². The molecule has 76 valence electrons. The quantitative estimate of drug-likeness (QED) is 0.730. The third kappa shape index (κ3) is 22.4. The van der Waals surface area contributed by atoms with Gasteiger partial charge in [0.15, 0.2) is 0 Å². The van der Waals surface area contributed by atoms with Crippen LogP contribution in [0.2, 0.25) is 0 Å². The number of aliphatic carboxylic acids is 1. The van der Waals surface area contributed by atoms with Gasteiger partial charge in [-0.2, -0.15) is 0 Å². The molecule has 0 bridgehead atoms. The van der Waals surface area contributed by atoms with Crippen LogP contribution in [0.25, 0.3) is 0 Å². The van der Waals surface area contributed by atoms with Gasteiger partial charge < -0.3 is 5.11 Å². The highest BCUT2D eigenvalue weighted by Crippen LogP contribution is 1.73. The van der Waals surface area contributed by atoms with E-state index in [4.69, 9.17) is 16.7 Å². The van der Waals surface area contributed by atoms with Crippen molar-refractivity contribution in [3.8, 4) is 0 Å². The molecule has 0 aromatic carbocycles.